The molecule has 1 saturated heterocycles. The largest absolute Gasteiger partial charge is 0.409 e. The second-order valence-electron chi connectivity index (χ2n) is 7.11. The van der Waals surface area contributed by atoms with Gasteiger partial charge in [0.05, 0.1) is 0 Å². The Morgan fingerprint density at radius 1 is 1.29 bits per heavy atom. The number of amidine groups is 1. The molecular weight excluding hydrogens is 262 g/mol. The molecule has 1 aromatic carbocycles. The Hall–Kier alpha value is -1.71. The van der Waals surface area contributed by atoms with Gasteiger partial charge >= 0.3 is 0 Å². The van der Waals surface area contributed by atoms with Gasteiger partial charge in [0.2, 0.25) is 0 Å². The van der Waals surface area contributed by atoms with Crippen LogP contribution < -0.4 is 10.6 Å². The molecule has 0 saturated carbocycles. The number of rotatable bonds is 2. The Bertz CT molecular complexity index is 523. The van der Waals surface area contributed by atoms with Gasteiger partial charge in [0.1, 0.15) is 0 Å². The summed E-state index contributed by atoms with van der Waals surface area (Å²) < 4.78 is 0. The number of nitrogens with zero attached hydrogens (tertiary/aromatic N) is 2. The summed E-state index contributed by atoms with van der Waals surface area (Å²) in [5.41, 5.74) is 9.15. The first kappa shape index (κ1) is 15.7. The highest BCUT2D eigenvalue weighted by molar-refractivity contribution is 5.98. The van der Waals surface area contributed by atoms with Gasteiger partial charge < -0.3 is 15.8 Å². The SMILES string of the molecule is Cc1cc(N2CCC(C(C)(C)C)CC2)ccc1/C(N)=N/O. The fourth-order valence-corrected chi connectivity index (χ4v) is 3.19. The summed E-state index contributed by atoms with van der Waals surface area (Å²) in [6.07, 6.45) is 2.48. The van der Waals surface area contributed by atoms with E-state index >= 15 is 0 Å². The van der Waals surface area contributed by atoms with Crippen LogP contribution in [-0.2, 0) is 0 Å². The highest BCUT2D eigenvalue weighted by Gasteiger charge is 2.28. The van der Waals surface area contributed by atoms with Gasteiger partial charge in [-0.25, -0.2) is 0 Å². The molecule has 4 nitrogen and oxygen atoms in total. The average Bonchev–Trinajstić information content (AvgIpc) is 2.45. The molecule has 3 N–H and O–H groups in total. The van der Waals surface area contributed by atoms with Crippen molar-refractivity contribution in [2.24, 2.45) is 22.2 Å². The standard InChI is InChI=1S/C17H27N3O/c1-12-11-14(5-6-15(12)16(18)19-21)20-9-7-13(8-10-20)17(2,3)4/h5-6,11,13,21H,7-10H2,1-4H3,(H2,18,19). The average molecular weight is 289 g/mol. The van der Waals surface area contributed by atoms with Crippen LogP contribution in [0, 0.1) is 18.3 Å². The summed E-state index contributed by atoms with van der Waals surface area (Å²) in [7, 11) is 0. The van der Waals surface area contributed by atoms with Crippen molar-refractivity contribution in [2.45, 2.75) is 40.5 Å². The van der Waals surface area contributed by atoms with Gasteiger partial charge in [-0.3, -0.25) is 0 Å². The van der Waals surface area contributed by atoms with Gasteiger partial charge in [0, 0.05) is 24.3 Å². The molecule has 1 aliphatic heterocycles. The molecule has 1 aromatic rings. The molecule has 116 valence electrons. The zero-order valence-corrected chi connectivity index (χ0v) is 13.6. The number of aryl methyl sites for hydroxylation is 1. The summed E-state index contributed by atoms with van der Waals surface area (Å²) in [6, 6.07) is 6.14. The number of anilines is 1. The van der Waals surface area contributed by atoms with Crippen molar-refractivity contribution in [3.63, 3.8) is 0 Å². The van der Waals surface area contributed by atoms with Crippen LogP contribution in [0.25, 0.3) is 0 Å². The van der Waals surface area contributed by atoms with E-state index < -0.39 is 0 Å². The predicted octanol–water partition coefficient (Wildman–Crippen LogP) is 3.35. The summed E-state index contributed by atoms with van der Waals surface area (Å²) in [5, 5.41) is 11.9. The molecule has 4 heteroatoms. The molecular formula is C17H27N3O. The minimum Gasteiger partial charge on any atom is -0.409 e. The maximum absolute atomic E-state index is 8.79. The van der Waals surface area contributed by atoms with Crippen LogP contribution in [0.15, 0.2) is 23.4 Å². The van der Waals surface area contributed by atoms with Gasteiger partial charge in [-0.1, -0.05) is 25.9 Å². The molecule has 21 heavy (non-hydrogen) atoms. The van der Waals surface area contributed by atoms with Crippen LogP contribution >= 0.6 is 0 Å². The van der Waals surface area contributed by atoms with E-state index in [1.54, 1.807) is 0 Å². The molecule has 1 aliphatic rings. The van der Waals surface area contributed by atoms with Crippen LogP contribution in [0.2, 0.25) is 0 Å². The van der Waals surface area contributed by atoms with Gasteiger partial charge in [-0.15, -0.1) is 0 Å². The van der Waals surface area contributed by atoms with E-state index in [2.05, 4.69) is 43.0 Å². The highest BCUT2D eigenvalue weighted by Crippen LogP contribution is 2.35. The third kappa shape index (κ3) is 3.49. The molecule has 1 heterocycles. The van der Waals surface area contributed by atoms with E-state index in [0.717, 1.165) is 30.1 Å². The van der Waals surface area contributed by atoms with Crippen LogP contribution in [0.5, 0.6) is 0 Å². The number of hydrogen-bond acceptors (Lipinski definition) is 3. The topological polar surface area (TPSA) is 61.8 Å². The van der Waals surface area contributed by atoms with E-state index in [1.165, 1.54) is 18.5 Å². The zero-order chi connectivity index (χ0) is 15.6. The fraction of sp³-hybridized carbons (Fsp3) is 0.588. The molecule has 0 spiro atoms. The van der Waals surface area contributed by atoms with E-state index in [0.29, 0.717) is 5.41 Å². The fourth-order valence-electron chi connectivity index (χ4n) is 3.19. The maximum atomic E-state index is 8.79. The van der Waals surface area contributed by atoms with Crippen molar-refractivity contribution in [3.05, 3.63) is 29.3 Å². The Morgan fingerprint density at radius 2 is 1.90 bits per heavy atom. The molecule has 1 fully saturated rings. The van der Waals surface area contributed by atoms with Gasteiger partial charge in [-0.2, -0.15) is 0 Å². The highest BCUT2D eigenvalue weighted by atomic mass is 16.4. The minimum absolute atomic E-state index is 0.172. The summed E-state index contributed by atoms with van der Waals surface area (Å²) in [6.45, 7) is 11.2. The van der Waals surface area contributed by atoms with E-state index in [1.807, 2.05) is 13.0 Å². The second kappa shape index (κ2) is 5.96. The molecule has 0 unspecified atom stereocenters. The first-order valence-electron chi connectivity index (χ1n) is 7.66. The third-order valence-corrected chi connectivity index (χ3v) is 4.68. The number of oxime groups is 1. The lowest BCUT2D eigenvalue weighted by Crippen LogP contribution is -2.38. The van der Waals surface area contributed by atoms with Crippen molar-refractivity contribution >= 4 is 11.5 Å². The minimum atomic E-state index is 0.172. The molecule has 0 bridgehead atoms. The Labute approximate surface area is 127 Å². The summed E-state index contributed by atoms with van der Waals surface area (Å²) in [5.74, 6) is 0.969. The first-order valence-corrected chi connectivity index (χ1v) is 7.66. The smallest absolute Gasteiger partial charge is 0.170 e. The lowest BCUT2D eigenvalue weighted by atomic mass is 9.75. The Balaban J connectivity index is 2.09. The molecule has 0 atom stereocenters. The molecule has 2 rings (SSSR count). The van der Waals surface area contributed by atoms with Crippen LogP contribution in [-0.4, -0.2) is 24.1 Å². The molecule has 0 amide bonds. The Morgan fingerprint density at radius 3 is 2.38 bits per heavy atom. The van der Waals surface area contributed by atoms with Gasteiger partial charge in [0.25, 0.3) is 0 Å². The van der Waals surface area contributed by atoms with Gasteiger partial charge in [0.15, 0.2) is 5.84 Å². The monoisotopic (exact) mass is 289 g/mol. The number of hydrogen-bond donors (Lipinski definition) is 2. The van der Waals surface area contributed by atoms with Crippen molar-refractivity contribution < 1.29 is 5.21 Å². The van der Waals surface area contributed by atoms with Crippen LogP contribution in [0.4, 0.5) is 5.69 Å². The number of benzene rings is 1. The van der Waals surface area contributed by atoms with E-state index in [9.17, 15) is 0 Å². The third-order valence-electron chi connectivity index (χ3n) is 4.68. The molecule has 0 aliphatic carbocycles. The van der Waals surface area contributed by atoms with Crippen LogP contribution in [0.1, 0.15) is 44.7 Å². The number of nitrogens with two attached hydrogens (primary N) is 1. The van der Waals surface area contributed by atoms with E-state index in [-0.39, 0.29) is 5.84 Å². The lowest BCUT2D eigenvalue weighted by Gasteiger charge is -2.39. The quantitative estimate of drug-likeness (QED) is 0.380. The number of piperidine rings is 1. The molecule has 0 radical (unpaired) electrons. The molecule has 0 aromatic heterocycles. The van der Waals surface area contributed by atoms with Gasteiger partial charge in [-0.05, 0) is 54.9 Å². The maximum Gasteiger partial charge on any atom is 0.170 e. The normalized spacial score (nSPS) is 18.1. The Kier molecular flexibility index (Phi) is 4.45. The van der Waals surface area contributed by atoms with Crippen molar-refractivity contribution in [1.82, 2.24) is 0 Å². The van der Waals surface area contributed by atoms with E-state index in [4.69, 9.17) is 10.9 Å². The van der Waals surface area contributed by atoms with Crippen molar-refractivity contribution in [2.75, 3.05) is 18.0 Å². The summed E-state index contributed by atoms with van der Waals surface area (Å²) >= 11 is 0. The van der Waals surface area contributed by atoms with Crippen molar-refractivity contribution in [3.8, 4) is 0 Å². The summed E-state index contributed by atoms with van der Waals surface area (Å²) in [4.78, 5) is 2.44. The lowest BCUT2D eigenvalue weighted by molar-refractivity contribution is 0.199. The predicted molar refractivity (Wildman–Crippen MR) is 88.1 cm³/mol. The van der Waals surface area contributed by atoms with Crippen molar-refractivity contribution in [1.29, 1.82) is 0 Å². The first-order chi connectivity index (χ1) is 9.82. The zero-order valence-electron chi connectivity index (χ0n) is 13.6. The van der Waals surface area contributed by atoms with Crippen LogP contribution in [0.3, 0.4) is 0 Å². The second-order valence-corrected chi connectivity index (χ2v) is 7.11.